The molecule has 112 valence electrons. The molecular weight excluding hydrogens is 296 g/mol. The molecule has 20 heavy (non-hydrogen) atoms. The zero-order valence-corrected chi connectivity index (χ0v) is 13.8. The molecule has 0 aliphatic heterocycles. The van der Waals surface area contributed by atoms with Crippen LogP contribution in [0.4, 0.5) is 5.69 Å². The van der Waals surface area contributed by atoms with Crippen LogP contribution in [0, 0.1) is 5.41 Å². The van der Waals surface area contributed by atoms with E-state index in [1.807, 2.05) is 0 Å². The highest BCUT2D eigenvalue weighted by Crippen LogP contribution is 2.45. The van der Waals surface area contributed by atoms with Gasteiger partial charge in [-0.25, -0.2) is 12.7 Å². The predicted molar refractivity (Wildman–Crippen MR) is 82.8 cm³/mol. The molecule has 0 radical (unpaired) electrons. The molecule has 0 bridgehead atoms. The quantitative estimate of drug-likeness (QED) is 0.869. The van der Waals surface area contributed by atoms with E-state index in [1.165, 1.54) is 18.4 Å². The Morgan fingerprint density at radius 1 is 1.25 bits per heavy atom. The van der Waals surface area contributed by atoms with Crippen molar-refractivity contribution in [3.05, 3.63) is 24.3 Å². The number of sulfonamides is 1. The van der Waals surface area contributed by atoms with Crippen LogP contribution in [0.5, 0.6) is 0 Å². The van der Waals surface area contributed by atoms with Gasteiger partial charge >= 0.3 is 0 Å². The highest BCUT2D eigenvalue weighted by atomic mass is 35.5. The van der Waals surface area contributed by atoms with E-state index in [-0.39, 0.29) is 10.8 Å². The molecule has 2 unspecified atom stereocenters. The van der Waals surface area contributed by atoms with E-state index in [0.717, 1.165) is 12.1 Å². The number of alkyl halides is 1. The standard InChI is InChI=1S/C14H21ClN2O2S/c1-14(2)12(15)9-13(14)16-10-5-7-11(8-6-10)20(18,19)17(3)4/h5-8,12-13,16H,9H2,1-4H3. The fraction of sp³-hybridized carbons (Fsp3) is 0.571. The van der Waals surface area contributed by atoms with Crippen LogP contribution >= 0.6 is 11.6 Å². The maximum absolute atomic E-state index is 12.0. The normalized spacial score (nSPS) is 25.3. The molecule has 1 saturated carbocycles. The molecule has 2 rings (SSSR count). The van der Waals surface area contributed by atoms with Crippen LogP contribution in [0.15, 0.2) is 29.2 Å². The summed E-state index contributed by atoms with van der Waals surface area (Å²) in [4.78, 5) is 0.302. The van der Waals surface area contributed by atoms with Crippen molar-refractivity contribution in [2.24, 2.45) is 5.41 Å². The first kappa shape index (κ1) is 15.6. The smallest absolute Gasteiger partial charge is 0.242 e. The van der Waals surface area contributed by atoms with E-state index in [0.29, 0.717) is 10.9 Å². The molecule has 1 aromatic carbocycles. The maximum atomic E-state index is 12.0. The Morgan fingerprint density at radius 3 is 2.20 bits per heavy atom. The first-order valence-electron chi connectivity index (χ1n) is 6.59. The summed E-state index contributed by atoms with van der Waals surface area (Å²) in [6, 6.07) is 7.17. The molecule has 4 nitrogen and oxygen atoms in total. The van der Waals surface area contributed by atoms with Crippen molar-refractivity contribution >= 4 is 27.3 Å². The molecule has 0 amide bonds. The summed E-state index contributed by atoms with van der Waals surface area (Å²) in [5, 5.41) is 3.60. The van der Waals surface area contributed by atoms with E-state index in [2.05, 4.69) is 19.2 Å². The van der Waals surface area contributed by atoms with Gasteiger partial charge in [-0.1, -0.05) is 13.8 Å². The van der Waals surface area contributed by atoms with Crippen LogP contribution in [0.2, 0.25) is 0 Å². The Kier molecular flexibility index (Phi) is 4.06. The fourth-order valence-electron chi connectivity index (χ4n) is 2.25. The Labute approximate surface area is 126 Å². The van der Waals surface area contributed by atoms with Crippen molar-refractivity contribution in [1.29, 1.82) is 0 Å². The van der Waals surface area contributed by atoms with Gasteiger partial charge in [-0.3, -0.25) is 0 Å². The lowest BCUT2D eigenvalue weighted by molar-refractivity contribution is 0.168. The molecule has 2 atom stereocenters. The minimum Gasteiger partial charge on any atom is -0.382 e. The van der Waals surface area contributed by atoms with Crippen molar-refractivity contribution in [2.45, 2.75) is 36.6 Å². The second-order valence-corrected chi connectivity index (χ2v) is 8.71. The number of benzene rings is 1. The number of halogens is 1. The average Bonchev–Trinajstić information content (AvgIpc) is 2.39. The van der Waals surface area contributed by atoms with Gasteiger partial charge in [-0.2, -0.15) is 0 Å². The molecule has 1 aliphatic carbocycles. The lowest BCUT2D eigenvalue weighted by Crippen LogP contribution is -2.54. The Hall–Kier alpha value is -0.780. The van der Waals surface area contributed by atoms with Crippen molar-refractivity contribution in [3.8, 4) is 0 Å². The van der Waals surface area contributed by atoms with Gasteiger partial charge in [0.15, 0.2) is 0 Å². The van der Waals surface area contributed by atoms with Gasteiger partial charge in [0.1, 0.15) is 0 Å². The molecule has 6 heteroatoms. The average molecular weight is 317 g/mol. The van der Waals surface area contributed by atoms with Crippen molar-refractivity contribution in [3.63, 3.8) is 0 Å². The van der Waals surface area contributed by atoms with E-state index in [1.54, 1.807) is 24.3 Å². The summed E-state index contributed by atoms with van der Waals surface area (Å²) >= 11 is 6.20. The van der Waals surface area contributed by atoms with Gasteiger partial charge in [-0.05, 0) is 30.7 Å². The van der Waals surface area contributed by atoms with Gasteiger partial charge in [0.25, 0.3) is 0 Å². The number of rotatable bonds is 4. The Bertz CT molecular complexity index is 582. The third kappa shape index (κ3) is 2.67. The number of nitrogens with zero attached hydrogens (tertiary/aromatic N) is 1. The van der Waals surface area contributed by atoms with Gasteiger partial charge in [0, 0.05) is 36.6 Å². The molecule has 0 saturated heterocycles. The Morgan fingerprint density at radius 2 is 1.80 bits per heavy atom. The molecule has 1 aliphatic rings. The van der Waals surface area contributed by atoms with Gasteiger partial charge < -0.3 is 5.32 Å². The van der Waals surface area contributed by atoms with Gasteiger partial charge in [-0.15, -0.1) is 11.6 Å². The number of nitrogens with one attached hydrogen (secondary N) is 1. The molecule has 0 spiro atoms. The van der Waals surface area contributed by atoms with E-state index in [9.17, 15) is 8.42 Å². The first-order chi connectivity index (χ1) is 9.15. The molecule has 1 N–H and O–H groups in total. The van der Waals surface area contributed by atoms with Crippen LogP contribution in [-0.4, -0.2) is 38.2 Å². The minimum absolute atomic E-state index is 0.0515. The SMILES string of the molecule is CN(C)S(=O)(=O)c1ccc(NC2CC(Cl)C2(C)C)cc1. The third-order valence-electron chi connectivity index (χ3n) is 4.12. The number of hydrogen-bond donors (Lipinski definition) is 1. The van der Waals surface area contributed by atoms with Crippen molar-refractivity contribution < 1.29 is 8.42 Å². The lowest BCUT2D eigenvalue weighted by Gasteiger charge is -2.49. The summed E-state index contributed by atoms with van der Waals surface area (Å²) in [5.41, 5.74) is 0.972. The zero-order valence-electron chi connectivity index (χ0n) is 12.2. The zero-order chi connectivity index (χ0) is 15.1. The summed E-state index contributed by atoms with van der Waals surface area (Å²) < 4.78 is 25.1. The van der Waals surface area contributed by atoms with E-state index >= 15 is 0 Å². The summed E-state index contributed by atoms with van der Waals surface area (Å²) in [5.74, 6) is 0. The van der Waals surface area contributed by atoms with Crippen LogP contribution in [-0.2, 0) is 10.0 Å². The minimum atomic E-state index is -3.36. The topological polar surface area (TPSA) is 49.4 Å². The highest BCUT2D eigenvalue weighted by molar-refractivity contribution is 7.89. The van der Waals surface area contributed by atoms with E-state index < -0.39 is 10.0 Å². The Balaban J connectivity index is 2.11. The summed E-state index contributed by atoms with van der Waals surface area (Å²) in [6.45, 7) is 4.27. The third-order valence-corrected chi connectivity index (χ3v) is 6.69. The molecular formula is C14H21ClN2O2S. The number of hydrogen-bond acceptors (Lipinski definition) is 3. The second-order valence-electron chi connectivity index (χ2n) is 6.03. The lowest BCUT2D eigenvalue weighted by atomic mass is 9.66. The number of anilines is 1. The fourth-order valence-corrected chi connectivity index (χ4v) is 3.48. The van der Waals surface area contributed by atoms with Gasteiger partial charge in [0.05, 0.1) is 4.90 Å². The van der Waals surface area contributed by atoms with E-state index in [4.69, 9.17) is 11.6 Å². The monoisotopic (exact) mass is 316 g/mol. The summed E-state index contributed by atoms with van der Waals surface area (Å²) in [7, 11) is -0.307. The van der Waals surface area contributed by atoms with Crippen LogP contribution in [0.25, 0.3) is 0 Å². The summed E-state index contributed by atoms with van der Waals surface area (Å²) in [6.07, 6.45) is 0.923. The van der Waals surface area contributed by atoms with Crippen molar-refractivity contribution in [2.75, 3.05) is 19.4 Å². The second kappa shape index (κ2) is 5.20. The predicted octanol–water partition coefficient (Wildman–Crippen LogP) is 2.75. The molecule has 0 heterocycles. The maximum Gasteiger partial charge on any atom is 0.242 e. The largest absolute Gasteiger partial charge is 0.382 e. The van der Waals surface area contributed by atoms with Crippen LogP contribution < -0.4 is 5.32 Å². The molecule has 1 aromatic rings. The van der Waals surface area contributed by atoms with Crippen LogP contribution in [0.3, 0.4) is 0 Å². The highest BCUT2D eigenvalue weighted by Gasteiger charge is 2.47. The molecule has 0 aromatic heterocycles. The molecule has 1 fully saturated rings. The van der Waals surface area contributed by atoms with Crippen LogP contribution in [0.1, 0.15) is 20.3 Å². The van der Waals surface area contributed by atoms with Gasteiger partial charge in [0.2, 0.25) is 10.0 Å². The first-order valence-corrected chi connectivity index (χ1v) is 8.46. The van der Waals surface area contributed by atoms with Crippen molar-refractivity contribution in [1.82, 2.24) is 4.31 Å².